The van der Waals surface area contributed by atoms with Crippen LogP contribution in [0, 0.1) is 11.8 Å². The van der Waals surface area contributed by atoms with Crippen LogP contribution in [0.25, 0.3) is 0 Å². The fourth-order valence-corrected chi connectivity index (χ4v) is 5.93. The van der Waals surface area contributed by atoms with E-state index in [0.29, 0.717) is 42.2 Å². The fourth-order valence-electron chi connectivity index (χ4n) is 5.75. The van der Waals surface area contributed by atoms with E-state index in [-0.39, 0.29) is 35.7 Å². The quantitative estimate of drug-likeness (QED) is 0.446. The molecule has 10 heteroatoms. The van der Waals surface area contributed by atoms with Crippen LogP contribution < -0.4 is 15.8 Å². The number of nitrogens with zero attached hydrogens (tertiary/aromatic N) is 2. The summed E-state index contributed by atoms with van der Waals surface area (Å²) in [6.45, 7) is 8.03. The monoisotopic (exact) mass is 534 g/mol. The first kappa shape index (κ1) is 27.7. The van der Waals surface area contributed by atoms with Crippen LogP contribution in [0.2, 0.25) is 5.02 Å². The molecule has 1 aromatic rings. The predicted molar refractivity (Wildman–Crippen MR) is 141 cm³/mol. The van der Waals surface area contributed by atoms with Gasteiger partial charge in [-0.25, -0.2) is 4.99 Å². The Labute approximate surface area is 223 Å². The molecule has 0 radical (unpaired) electrons. The Kier molecular flexibility index (Phi) is 7.79. The molecule has 3 aliphatic rings. The number of methoxy groups -OCH3 is 1. The second-order valence-corrected chi connectivity index (χ2v) is 11.5. The number of rotatable bonds is 9. The average Bonchev–Trinajstić information content (AvgIpc) is 3.64. The van der Waals surface area contributed by atoms with E-state index in [0.717, 1.165) is 12.8 Å². The van der Waals surface area contributed by atoms with Gasteiger partial charge < -0.3 is 25.6 Å². The van der Waals surface area contributed by atoms with Crippen LogP contribution >= 0.6 is 11.6 Å². The van der Waals surface area contributed by atoms with E-state index in [1.54, 1.807) is 44.1 Å². The largest absolute Gasteiger partial charge is 0.485 e. The Morgan fingerprint density at radius 3 is 2.70 bits per heavy atom. The second kappa shape index (κ2) is 10.4. The molecule has 9 nitrogen and oxygen atoms in total. The molecule has 0 bridgehead atoms. The highest BCUT2D eigenvalue weighted by Crippen LogP contribution is 2.47. The molecule has 2 amide bonds. The van der Waals surface area contributed by atoms with Crippen molar-refractivity contribution in [3.05, 3.63) is 28.8 Å². The fraction of sp³-hybridized carbons (Fsp3) is 0.667. The molecule has 1 fully saturated rings. The Bertz CT molecular complexity index is 1070. The first-order valence-corrected chi connectivity index (χ1v) is 13.5. The minimum absolute atomic E-state index is 0.0615. The molecule has 0 spiro atoms. The molecule has 5 atom stereocenters. The van der Waals surface area contributed by atoms with Gasteiger partial charge in [0.1, 0.15) is 17.5 Å². The van der Waals surface area contributed by atoms with Gasteiger partial charge in [-0.1, -0.05) is 25.4 Å². The summed E-state index contributed by atoms with van der Waals surface area (Å²) in [5.41, 5.74) is 5.64. The van der Waals surface area contributed by atoms with E-state index in [4.69, 9.17) is 31.8 Å². The van der Waals surface area contributed by atoms with Gasteiger partial charge in [0.15, 0.2) is 5.96 Å². The molecule has 1 aromatic carbocycles. The van der Waals surface area contributed by atoms with Crippen molar-refractivity contribution in [3.8, 4) is 5.75 Å². The minimum atomic E-state index is -0.980. The Balaban J connectivity index is 1.54. The number of ether oxygens (including phenoxy) is 2. The summed E-state index contributed by atoms with van der Waals surface area (Å²) in [7, 11) is 1.61. The second-order valence-electron chi connectivity index (χ2n) is 11.0. The molecule has 1 aliphatic carbocycles. The maximum absolute atomic E-state index is 13.5. The average molecular weight is 535 g/mol. The lowest BCUT2D eigenvalue weighted by atomic mass is 9.86. The third kappa shape index (κ3) is 5.31. The van der Waals surface area contributed by atoms with E-state index in [1.165, 1.54) is 0 Å². The minimum Gasteiger partial charge on any atom is -0.485 e. The topological polar surface area (TPSA) is 126 Å². The SMILES string of the molecule is CCC1(CC)CC(=O)N([C@H](CCOC)[C@H]2C[C@@H]2C(=O)N[C@@H]2c3cc(Cl)ccc3OC(C)(C)[C@H]2O)C(N)=N1. The van der Waals surface area contributed by atoms with E-state index in [1.807, 2.05) is 13.8 Å². The number of hydrogen-bond donors (Lipinski definition) is 3. The maximum Gasteiger partial charge on any atom is 0.231 e. The standard InChI is InChI=1S/C27H39ClN4O5/c1-6-27(7-2)14-21(33)32(25(29)31-27)19(10-11-36-5)16-13-17(16)24(35)30-22-18-12-15(28)8-9-20(18)37-26(3,4)23(22)34/h8-9,12,16-17,19,22-23,34H,6-7,10-11,13-14H2,1-5H3,(H2,29,31)(H,30,35)/t16-,17-,19+,22+,23-/m0/s1. The van der Waals surface area contributed by atoms with Gasteiger partial charge in [-0.15, -0.1) is 0 Å². The number of carbonyl (C=O) groups is 2. The summed E-state index contributed by atoms with van der Waals surface area (Å²) in [5, 5.41) is 14.6. The first-order chi connectivity index (χ1) is 17.5. The zero-order chi connectivity index (χ0) is 27.1. The number of benzene rings is 1. The summed E-state index contributed by atoms with van der Waals surface area (Å²) in [6, 6.07) is 4.21. The van der Waals surface area contributed by atoms with Gasteiger partial charge in [-0.2, -0.15) is 0 Å². The zero-order valence-electron chi connectivity index (χ0n) is 22.3. The number of fused-ring (bicyclic) bond motifs is 1. The van der Waals surface area contributed by atoms with E-state index in [2.05, 4.69) is 5.32 Å². The van der Waals surface area contributed by atoms with Crippen LogP contribution in [0.15, 0.2) is 23.2 Å². The molecular formula is C27H39ClN4O5. The van der Waals surface area contributed by atoms with Gasteiger partial charge in [0.05, 0.1) is 18.0 Å². The number of carbonyl (C=O) groups excluding carboxylic acids is 2. The lowest BCUT2D eigenvalue weighted by molar-refractivity contribution is -0.133. The molecule has 0 unspecified atom stereocenters. The number of hydrogen-bond acceptors (Lipinski definition) is 7. The Hall–Kier alpha value is -2.36. The van der Waals surface area contributed by atoms with Crippen molar-refractivity contribution in [2.45, 2.75) is 89.1 Å². The molecule has 4 rings (SSSR count). The maximum atomic E-state index is 13.5. The van der Waals surface area contributed by atoms with Crippen LogP contribution in [0.5, 0.6) is 5.75 Å². The van der Waals surface area contributed by atoms with Crippen LogP contribution in [-0.2, 0) is 14.3 Å². The number of aliphatic hydroxyl groups is 1. The lowest BCUT2D eigenvalue weighted by Gasteiger charge is -2.42. The van der Waals surface area contributed by atoms with E-state index in [9.17, 15) is 14.7 Å². The van der Waals surface area contributed by atoms with E-state index >= 15 is 0 Å². The van der Waals surface area contributed by atoms with Crippen molar-refractivity contribution in [1.29, 1.82) is 0 Å². The van der Waals surface area contributed by atoms with Crippen LogP contribution in [0.4, 0.5) is 0 Å². The third-order valence-corrected chi connectivity index (χ3v) is 8.52. The molecule has 0 aromatic heterocycles. The molecule has 2 heterocycles. The van der Waals surface area contributed by atoms with Crippen molar-refractivity contribution in [1.82, 2.24) is 10.2 Å². The molecule has 1 saturated carbocycles. The molecular weight excluding hydrogens is 496 g/mol. The van der Waals surface area contributed by atoms with Crippen molar-refractivity contribution in [3.63, 3.8) is 0 Å². The highest BCUT2D eigenvalue weighted by Gasteiger charge is 2.53. The molecule has 2 aliphatic heterocycles. The third-order valence-electron chi connectivity index (χ3n) is 8.29. The van der Waals surface area contributed by atoms with Gasteiger partial charge in [-0.05, 0) is 63.6 Å². The Morgan fingerprint density at radius 1 is 1.38 bits per heavy atom. The van der Waals surface area contributed by atoms with Crippen molar-refractivity contribution in [2.24, 2.45) is 22.6 Å². The number of guanidine groups is 1. The van der Waals surface area contributed by atoms with Crippen molar-refractivity contribution in [2.75, 3.05) is 13.7 Å². The van der Waals surface area contributed by atoms with Gasteiger partial charge in [-0.3, -0.25) is 14.5 Å². The zero-order valence-corrected chi connectivity index (χ0v) is 23.0. The normalized spacial score (nSPS) is 28.6. The summed E-state index contributed by atoms with van der Waals surface area (Å²) in [5.74, 6) is 0.135. The number of aliphatic imine (C=N–C) groups is 1. The van der Waals surface area contributed by atoms with Crippen LogP contribution in [-0.4, -0.2) is 64.8 Å². The number of nitrogens with two attached hydrogens (primary N) is 1. The lowest BCUT2D eigenvalue weighted by Crippen LogP contribution is -2.56. The molecule has 204 valence electrons. The van der Waals surface area contributed by atoms with Gasteiger partial charge in [0.2, 0.25) is 11.8 Å². The molecule has 4 N–H and O–H groups in total. The van der Waals surface area contributed by atoms with E-state index < -0.39 is 23.3 Å². The Morgan fingerprint density at radius 2 is 2.08 bits per heavy atom. The van der Waals surface area contributed by atoms with Gasteiger partial charge in [0.25, 0.3) is 0 Å². The smallest absolute Gasteiger partial charge is 0.231 e. The van der Waals surface area contributed by atoms with Gasteiger partial charge in [0, 0.05) is 36.3 Å². The number of amides is 2. The summed E-state index contributed by atoms with van der Waals surface area (Å²) >= 11 is 6.22. The van der Waals surface area contributed by atoms with Crippen molar-refractivity contribution < 1.29 is 24.2 Å². The highest BCUT2D eigenvalue weighted by molar-refractivity contribution is 6.30. The van der Waals surface area contributed by atoms with Gasteiger partial charge >= 0.3 is 0 Å². The number of halogens is 1. The summed E-state index contributed by atoms with van der Waals surface area (Å²) in [6.07, 6.45) is 1.94. The molecule has 0 saturated heterocycles. The van der Waals surface area contributed by atoms with Crippen LogP contribution in [0.3, 0.4) is 0 Å². The highest BCUT2D eigenvalue weighted by atomic mass is 35.5. The molecule has 37 heavy (non-hydrogen) atoms. The first-order valence-electron chi connectivity index (χ1n) is 13.1. The van der Waals surface area contributed by atoms with Crippen LogP contribution in [0.1, 0.15) is 71.4 Å². The van der Waals surface area contributed by atoms with Crippen molar-refractivity contribution >= 4 is 29.4 Å². The summed E-state index contributed by atoms with van der Waals surface area (Å²) < 4.78 is 11.3. The number of nitrogens with one attached hydrogen (secondary N) is 1. The number of aliphatic hydroxyl groups excluding tert-OH is 1. The predicted octanol–water partition coefficient (Wildman–Crippen LogP) is 3.18. The summed E-state index contributed by atoms with van der Waals surface area (Å²) in [4.78, 5) is 33.1.